The maximum atomic E-state index is 5.85. The second-order valence-electron chi connectivity index (χ2n) is 4.53. The molecule has 12 heavy (non-hydrogen) atoms. The van der Waals surface area contributed by atoms with E-state index in [9.17, 15) is 0 Å². The minimum Gasteiger partial charge on any atom is -0.330 e. The molecule has 2 bridgehead atoms. The summed E-state index contributed by atoms with van der Waals surface area (Å²) in [6, 6.07) is 0. The molecule has 2 aliphatic carbocycles. The van der Waals surface area contributed by atoms with Crippen molar-refractivity contribution in [2.45, 2.75) is 32.1 Å². The van der Waals surface area contributed by atoms with Crippen LogP contribution in [-0.2, 0) is 0 Å². The van der Waals surface area contributed by atoms with Gasteiger partial charge in [-0.05, 0) is 43.1 Å². The molecule has 2 N–H and O–H groups in total. The zero-order valence-corrected chi connectivity index (χ0v) is 7.55. The second-order valence-corrected chi connectivity index (χ2v) is 4.53. The highest BCUT2D eigenvalue weighted by Gasteiger charge is 2.49. The molecule has 0 saturated heterocycles. The van der Waals surface area contributed by atoms with Crippen LogP contribution in [-0.4, -0.2) is 6.54 Å². The number of rotatable bonds is 2. The number of terminal acetylenes is 1. The topological polar surface area (TPSA) is 26.0 Å². The van der Waals surface area contributed by atoms with E-state index in [1.54, 1.807) is 0 Å². The molecule has 2 saturated carbocycles. The molecular formula is C11H17N. The fourth-order valence-electron chi connectivity index (χ4n) is 3.30. The van der Waals surface area contributed by atoms with E-state index in [-0.39, 0.29) is 0 Å². The smallest absolute Gasteiger partial charge is 0.0157 e. The van der Waals surface area contributed by atoms with E-state index in [0.29, 0.717) is 5.41 Å². The molecule has 1 heteroatoms. The van der Waals surface area contributed by atoms with Crippen LogP contribution in [0.25, 0.3) is 0 Å². The van der Waals surface area contributed by atoms with E-state index in [4.69, 9.17) is 12.2 Å². The summed E-state index contributed by atoms with van der Waals surface area (Å²) in [7, 11) is 0. The lowest BCUT2D eigenvalue weighted by Crippen LogP contribution is -2.35. The molecule has 0 aromatic carbocycles. The summed E-state index contributed by atoms with van der Waals surface area (Å²) in [5.41, 5.74) is 6.19. The van der Waals surface area contributed by atoms with E-state index < -0.39 is 0 Å². The number of fused-ring (bicyclic) bond motifs is 2. The Bertz CT molecular complexity index is 216. The third-order valence-electron chi connectivity index (χ3n) is 3.96. The quantitative estimate of drug-likeness (QED) is 0.617. The maximum Gasteiger partial charge on any atom is 0.0157 e. The third kappa shape index (κ3) is 0.983. The van der Waals surface area contributed by atoms with Gasteiger partial charge in [0.15, 0.2) is 0 Å². The monoisotopic (exact) mass is 163 g/mol. The predicted octanol–water partition coefficient (Wildman–Crippen LogP) is 1.77. The van der Waals surface area contributed by atoms with E-state index in [1.807, 2.05) is 0 Å². The molecular weight excluding hydrogens is 146 g/mol. The Balaban J connectivity index is 2.14. The largest absolute Gasteiger partial charge is 0.330 e. The molecule has 0 amide bonds. The molecule has 2 aliphatic rings. The van der Waals surface area contributed by atoms with Crippen LogP contribution in [0.5, 0.6) is 0 Å². The summed E-state index contributed by atoms with van der Waals surface area (Å²) >= 11 is 0. The Kier molecular flexibility index (Phi) is 1.88. The van der Waals surface area contributed by atoms with Crippen molar-refractivity contribution in [3.05, 3.63) is 0 Å². The highest BCUT2D eigenvalue weighted by Crippen LogP contribution is 2.56. The standard InChI is InChI=1S/C11H17N/c1-2-5-11(8-12)7-9-3-4-10(11)6-9/h1,9-10H,3-8,12H2. The zero-order chi connectivity index (χ0) is 8.60. The normalized spacial score (nSPS) is 44.7. The maximum absolute atomic E-state index is 5.85. The predicted molar refractivity (Wildman–Crippen MR) is 50.4 cm³/mol. The molecule has 0 aromatic rings. The first-order valence-corrected chi connectivity index (χ1v) is 4.94. The lowest BCUT2D eigenvalue weighted by Gasteiger charge is -2.35. The van der Waals surface area contributed by atoms with Gasteiger partial charge in [-0.15, -0.1) is 12.3 Å². The van der Waals surface area contributed by atoms with Crippen LogP contribution in [0.15, 0.2) is 0 Å². The van der Waals surface area contributed by atoms with Crippen molar-refractivity contribution in [1.82, 2.24) is 0 Å². The minimum atomic E-state index is 0.345. The van der Waals surface area contributed by atoms with Crippen molar-refractivity contribution in [2.75, 3.05) is 6.54 Å². The van der Waals surface area contributed by atoms with Crippen molar-refractivity contribution in [3.8, 4) is 12.3 Å². The highest BCUT2D eigenvalue weighted by molar-refractivity contribution is 5.06. The van der Waals surface area contributed by atoms with E-state index in [0.717, 1.165) is 24.8 Å². The van der Waals surface area contributed by atoms with Gasteiger partial charge in [-0.25, -0.2) is 0 Å². The first kappa shape index (κ1) is 8.13. The summed E-state index contributed by atoms with van der Waals surface area (Å²) < 4.78 is 0. The molecule has 0 heterocycles. The lowest BCUT2D eigenvalue weighted by molar-refractivity contribution is 0.179. The molecule has 0 radical (unpaired) electrons. The van der Waals surface area contributed by atoms with E-state index in [2.05, 4.69) is 5.92 Å². The van der Waals surface area contributed by atoms with Crippen LogP contribution in [0.3, 0.4) is 0 Å². The van der Waals surface area contributed by atoms with Crippen LogP contribution in [0.1, 0.15) is 32.1 Å². The average molecular weight is 163 g/mol. The average Bonchev–Trinajstić information content (AvgIpc) is 2.64. The minimum absolute atomic E-state index is 0.345. The Labute approximate surface area is 74.7 Å². The van der Waals surface area contributed by atoms with E-state index in [1.165, 1.54) is 25.7 Å². The van der Waals surface area contributed by atoms with Gasteiger partial charge in [-0.1, -0.05) is 6.42 Å². The Morgan fingerprint density at radius 3 is 2.75 bits per heavy atom. The van der Waals surface area contributed by atoms with Crippen molar-refractivity contribution in [3.63, 3.8) is 0 Å². The number of nitrogens with two attached hydrogens (primary N) is 1. The van der Waals surface area contributed by atoms with Gasteiger partial charge in [0.25, 0.3) is 0 Å². The Morgan fingerprint density at radius 1 is 1.50 bits per heavy atom. The molecule has 0 aliphatic heterocycles. The van der Waals surface area contributed by atoms with Crippen LogP contribution >= 0.6 is 0 Å². The summed E-state index contributed by atoms with van der Waals surface area (Å²) in [6.07, 6.45) is 11.8. The Morgan fingerprint density at radius 2 is 2.33 bits per heavy atom. The van der Waals surface area contributed by atoms with Gasteiger partial charge in [-0.2, -0.15) is 0 Å². The summed E-state index contributed by atoms with van der Waals surface area (Å²) in [5.74, 6) is 4.61. The Hall–Kier alpha value is -0.480. The van der Waals surface area contributed by atoms with Crippen LogP contribution < -0.4 is 5.73 Å². The molecule has 2 fully saturated rings. The lowest BCUT2D eigenvalue weighted by atomic mass is 9.71. The van der Waals surface area contributed by atoms with Gasteiger partial charge in [0.05, 0.1) is 0 Å². The SMILES string of the molecule is C#CCC1(CN)CC2CCC1C2. The molecule has 0 spiro atoms. The van der Waals surface area contributed by atoms with Gasteiger partial charge in [0.1, 0.15) is 0 Å². The second kappa shape index (κ2) is 2.78. The van der Waals surface area contributed by atoms with E-state index >= 15 is 0 Å². The zero-order valence-electron chi connectivity index (χ0n) is 7.55. The molecule has 3 atom stereocenters. The van der Waals surface area contributed by atoms with Crippen molar-refractivity contribution in [1.29, 1.82) is 0 Å². The van der Waals surface area contributed by atoms with Gasteiger partial charge in [0.2, 0.25) is 0 Å². The third-order valence-corrected chi connectivity index (χ3v) is 3.96. The molecule has 66 valence electrons. The van der Waals surface area contributed by atoms with Crippen LogP contribution in [0.4, 0.5) is 0 Å². The summed E-state index contributed by atoms with van der Waals surface area (Å²) in [5, 5.41) is 0. The summed E-state index contributed by atoms with van der Waals surface area (Å²) in [6.45, 7) is 0.804. The number of hydrogen-bond donors (Lipinski definition) is 1. The van der Waals surface area contributed by atoms with Crippen molar-refractivity contribution >= 4 is 0 Å². The van der Waals surface area contributed by atoms with Crippen LogP contribution in [0.2, 0.25) is 0 Å². The summed E-state index contributed by atoms with van der Waals surface area (Å²) in [4.78, 5) is 0. The molecule has 3 unspecified atom stereocenters. The van der Waals surface area contributed by atoms with Gasteiger partial charge in [0, 0.05) is 6.42 Å². The van der Waals surface area contributed by atoms with Crippen molar-refractivity contribution in [2.24, 2.45) is 23.0 Å². The fourth-order valence-corrected chi connectivity index (χ4v) is 3.30. The molecule has 1 nitrogen and oxygen atoms in total. The number of hydrogen-bond acceptors (Lipinski definition) is 1. The van der Waals surface area contributed by atoms with Crippen molar-refractivity contribution < 1.29 is 0 Å². The van der Waals surface area contributed by atoms with Gasteiger partial charge >= 0.3 is 0 Å². The molecule has 2 rings (SSSR count). The first-order chi connectivity index (χ1) is 5.80. The first-order valence-electron chi connectivity index (χ1n) is 4.94. The van der Waals surface area contributed by atoms with Crippen LogP contribution in [0, 0.1) is 29.6 Å². The highest BCUT2D eigenvalue weighted by atomic mass is 14.7. The van der Waals surface area contributed by atoms with Gasteiger partial charge in [-0.3, -0.25) is 0 Å². The fraction of sp³-hybridized carbons (Fsp3) is 0.818. The molecule has 0 aromatic heterocycles. The van der Waals surface area contributed by atoms with Gasteiger partial charge < -0.3 is 5.73 Å².